The first kappa shape index (κ1) is 7.90. The van der Waals surface area contributed by atoms with Gasteiger partial charge in [0.25, 0.3) is 0 Å². The van der Waals surface area contributed by atoms with E-state index in [9.17, 15) is 0 Å². The molecule has 1 aliphatic heterocycles. The van der Waals surface area contributed by atoms with E-state index in [4.69, 9.17) is 15.1 Å². The number of aliphatic hydroxyl groups is 1. The molecule has 0 amide bonds. The van der Waals surface area contributed by atoms with Crippen molar-refractivity contribution < 1.29 is 25.0 Å². The fourth-order valence-electron chi connectivity index (χ4n) is 0.894. The minimum Gasteiger partial charge on any atom is -0.390 e. The van der Waals surface area contributed by atoms with E-state index in [-0.39, 0.29) is 12.7 Å². The van der Waals surface area contributed by atoms with Crippen molar-refractivity contribution in [1.29, 1.82) is 0 Å². The fourth-order valence-corrected chi connectivity index (χ4v) is 0.894. The number of ether oxygens (including phenoxy) is 1. The van der Waals surface area contributed by atoms with Gasteiger partial charge in [-0.05, 0) is 6.42 Å². The summed E-state index contributed by atoms with van der Waals surface area (Å²) in [5.74, 6) is 0. The first-order valence-electron chi connectivity index (χ1n) is 3.07. The van der Waals surface area contributed by atoms with Crippen molar-refractivity contribution in [2.24, 2.45) is 0 Å². The molecule has 1 rings (SSSR count). The van der Waals surface area contributed by atoms with Crippen LogP contribution in [0.25, 0.3) is 0 Å². The predicted octanol–water partition coefficient (Wildman–Crippen LogP) is -0.443. The van der Waals surface area contributed by atoms with E-state index < -0.39 is 6.10 Å². The second-order valence-electron chi connectivity index (χ2n) is 2.12. The Kier molecular flexibility index (Phi) is 3.04. The molecule has 1 aliphatic rings. The van der Waals surface area contributed by atoms with Crippen LogP contribution in [0, 0.1) is 0 Å². The summed E-state index contributed by atoms with van der Waals surface area (Å²) in [6.07, 6.45) is -0.262. The molecule has 0 saturated carbocycles. The molecule has 0 bridgehead atoms. The van der Waals surface area contributed by atoms with Crippen molar-refractivity contribution >= 4 is 0 Å². The Morgan fingerprint density at radius 2 is 2.40 bits per heavy atom. The van der Waals surface area contributed by atoms with Gasteiger partial charge in [0.05, 0.1) is 6.10 Å². The van der Waals surface area contributed by atoms with Crippen LogP contribution in [0.3, 0.4) is 0 Å². The monoisotopic (exact) mass is 150 g/mol. The third kappa shape index (κ3) is 1.89. The van der Waals surface area contributed by atoms with E-state index in [1.165, 1.54) is 0 Å². The van der Waals surface area contributed by atoms with Gasteiger partial charge >= 0.3 is 0 Å². The normalized spacial score (nSPS) is 33.0. The molecular formula is C5H10O5. The Hall–Kier alpha value is -0.200. The summed E-state index contributed by atoms with van der Waals surface area (Å²) in [7, 11) is 0. The molecule has 0 spiro atoms. The smallest absolute Gasteiger partial charge is 0.114 e. The third-order valence-corrected chi connectivity index (χ3v) is 1.46. The topological polar surface area (TPSA) is 68.2 Å². The largest absolute Gasteiger partial charge is 0.390 e. The highest BCUT2D eigenvalue weighted by Gasteiger charge is 2.26. The average molecular weight is 150 g/mol. The molecule has 0 radical (unpaired) electrons. The number of hydrogen-bond donors (Lipinski definition) is 2. The van der Waals surface area contributed by atoms with Crippen LogP contribution in [0.5, 0.6) is 0 Å². The van der Waals surface area contributed by atoms with Gasteiger partial charge in [-0.1, -0.05) is 5.04 Å². The lowest BCUT2D eigenvalue weighted by atomic mass is 10.2. The van der Waals surface area contributed by atoms with Crippen molar-refractivity contribution in [3.8, 4) is 0 Å². The second kappa shape index (κ2) is 3.85. The highest BCUT2D eigenvalue weighted by Crippen LogP contribution is 2.12. The van der Waals surface area contributed by atoms with Gasteiger partial charge in [0.15, 0.2) is 0 Å². The van der Waals surface area contributed by atoms with Crippen molar-refractivity contribution in [2.75, 3.05) is 13.2 Å². The van der Waals surface area contributed by atoms with Gasteiger partial charge in [0.2, 0.25) is 0 Å². The highest BCUT2D eigenvalue weighted by molar-refractivity contribution is 4.73. The molecule has 1 heterocycles. The lowest BCUT2D eigenvalue weighted by Crippen LogP contribution is -2.26. The number of aliphatic hydroxyl groups excluding tert-OH is 1. The molecule has 60 valence electrons. The second-order valence-corrected chi connectivity index (χ2v) is 2.12. The van der Waals surface area contributed by atoms with E-state index in [2.05, 4.69) is 9.93 Å². The van der Waals surface area contributed by atoms with Crippen molar-refractivity contribution in [1.82, 2.24) is 0 Å². The van der Waals surface area contributed by atoms with Crippen LogP contribution in [-0.4, -0.2) is 35.8 Å². The van der Waals surface area contributed by atoms with E-state index in [1.54, 1.807) is 0 Å². The summed E-state index contributed by atoms with van der Waals surface area (Å²) in [5.41, 5.74) is 0. The predicted molar refractivity (Wildman–Crippen MR) is 30.0 cm³/mol. The van der Waals surface area contributed by atoms with E-state index >= 15 is 0 Å². The molecule has 2 atom stereocenters. The van der Waals surface area contributed by atoms with Gasteiger partial charge in [-0.15, -0.1) is 0 Å². The molecule has 0 aromatic heterocycles. The molecule has 2 unspecified atom stereocenters. The summed E-state index contributed by atoms with van der Waals surface area (Å²) in [4.78, 5) is 4.16. The summed E-state index contributed by atoms with van der Waals surface area (Å²) in [6, 6.07) is 0. The Morgan fingerprint density at radius 1 is 1.60 bits per heavy atom. The molecule has 0 aliphatic carbocycles. The quantitative estimate of drug-likeness (QED) is 0.421. The molecular weight excluding hydrogens is 140 g/mol. The summed E-state index contributed by atoms with van der Waals surface area (Å²) < 4.78 is 5.00. The highest BCUT2D eigenvalue weighted by atomic mass is 17.5. The SMILES string of the molecule is OOOCC1OCCC1O. The first-order valence-corrected chi connectivity index (χ1v) is 3.07. The van der Waals surface area contributed by atoms with Gasteiger partial charge in [-0.25, -0.2) is 10.1 Å². The minimum atomic E-state index is -0.504. The van der Waals surface area contributed by atoms with Crippen LogP contribution in [0.2, 0.25) is 0 Å². The summed E-state index contributed by atoms with van der Waals surface area (Å²) >= 11 is 0. The van der Waals surface area contributed by atoms with Crippen LogP contribution in [0.1, 0.15) is 6.42 Å². The lowest BCUT2D eigenvalue weighted by Gasteiger charge is -2.10. The van der Waals surface area contributed by atoms with Crippen LogP contribution >= 0.6 is 0 Å². The number of rotatable bonds is 3. The Labute approximate surface area is 58.0 Å². The average Bonchev–Trinajstić information content (AvgIpc) is 2.31. The fraction of sp³-hybridized carbons (Fsp3) is 1.00. The van der Waals surface area contributed by atoms with Crippen LogP contribution < -0.4 is 0 Å². The maximum atomic E-state index is 9.07. The molecule has 0 aromatic carbocycles. The Morgan fingerprint density at radius 3 is 2.90 bits per heavy atom. The summed E-state index contributed by atoms with van der Waals surface area (Å²) in [6.45, 7) is 0.582. The molecule has 2 N–H and O–H groups in total. The van der Waals surface area contributed by atoms with E-state index in [0.29, 0.717) is 13.0 Å². The maximum absolute atomic E-state index is 9.07. The molecule has 0 aromatic rings. The van der Waals surface area contributed by atoms with Crippen molar-refractivity contribution in [2.45, 2.75) is 18.6 Å². The van der Waals surface area contributed by atoms with Gasteiger partial charge in [0, 0.05) is 6.61 Å². The van der Waals surface area contributed by atoms with E-state index in [1.807, 2.05) is 0 Å². The number of hydrogen-bond acceptors (Lipinski definition) is 5. The van der Waals surface area contributed by atoms with Crippen molar-refractivity contribution in [3.05, 3.63) is 0 Å². The summed E-state index contributed by atoms with van der Waals surface area (Å²) in [5, 5.41) is 20.2. The van der Waals surface area contributed by atoms with Gasteiger partial charge < -0.3 is 9.84 Å². The molecule has 10 heavy (non-hydrogen) atoms. The van der Waals surface area contributed by atoms with Gasteiger partial charge in [0.1, 0.15) is 12.7 Å². The third-order valence-electron chi connectivity index (χ3n) is 1.46. The molecule has 5 nitrogen and oxygen atoms in total. The van der Waals surface area contributed by atoms with Crippen LogP contribution in [0.15, 0.2) is 0 Å². The molecule has 1 saturated heterocycles. The Balaban J connectivity index is 2.14. The van der Waals surface area contributed by atoms with E-state index in [0.717, 1.165) is 0 Å². The van der Waals surface area contributed by atoms with Crippen LogP contribution in [0.4, 0.5) is 0 Å². The zero-order chi connectivity index (χ0) is 7.40. The lowest BCUT2D eigenvalue weighted by molar-refractivity contribution is -0.494. The van der Waals surface area contributed by atoms with Gasteiger partial charge in [-0.2, -0.15) is 0 Å². The Bertz CT molecular complexity index is 96.0. The molecule has 1 fully saturated rings. The minimum absolute atomic E-state index is 0.0532. The maximum Gasteiger partial charge on any atom is 0.114 e. The van der Waals surface area contributed by atoms with Crippen molar-refractivity contribution in [3.63, 3.8) is 0 Å². The zero-order valence-electron chi connectivity index (χ0n) is 5.40. The zero-order valence-corrected chi connectivity index (χ0v) is 5.40. The van der Waals surface area contributed by atoms with Crippen LogP contribution in [-0.2, 0) is 14.7 Å². The standard InChI is InChI=1S/C5H10O5/c6-4-1-2-8-5(4)3-9-10-7/h4-7H,1-3H2. The van der Waals surface area contributed by atoms with Gasteiger partial charge in [-0.3, -0.25) is 0 Å². The first-order chi connectivity index (χ1) is 4.84. The molecule has 5 heteroatoms.